The van der Waals surface area contributed by atoms with E-state index >= 15 is 0 Å². The highest BCUT2D eigenvalue weighted by Gasteiger charge is 2.15. The first-order valence-corrected chi connectivity index (χ1v) is 9.05. The number of amides is 1. The molecule has 1 aromatic carbocycles. The molecule has 9 heteroatoms. The van der Waals surface area contributed by atoms with Crippen molar-refractivity contribution in [3.05, 3.63) is 28.2 Å². The number of rotatable bonds is 8. The summed E-state index contributed by atoms with van der Waals surface area (Å²) in [5.41, 5.74) is 0.195. The lowest BCUT2D eigenvalue weighted by Crippen LogP contribution is -2.27. The van der Waals surface area contributed by atoms with Crippen LogP contribution in [0.5, 0.6) is 0 Å². The Balaban J connectivity index is 2.60. The van der Waals surface area contributed by atoms with Gasteiger partial charge in [-0.15, -0.1) is 0 Å². The zero-order valence-electron chi connectivity index (χ0n) is 11.3. The number of carbonyl (C=O) groups excluding carboxylic acids is 1. The van der Waals surface area contributed by atoms with Gasteiger partial charge >= 0.3 is 0 Å². The monoisotopic (exact) mass is 399 g/mol. The Morgan fingerprint density at radius 1 is 1.29 bits per heavy atom. The van der Waals surface area contributed by atoms with Crippen LogP contribution < -0.4 is 5.32 Å². The molecule has 1 N–H and O–H groups in total. The molecule has 118 valence electrons. The summed E-state index contributed by atoms with van der Waals surface area (Å²) < 4.78 is 33.1. The van der Waals surface area contributed by atoms with Crippen LogP contribution in [0.3, 0.4) is 0 Å². The molecule has 1 rings (SSSR count). The van der Waals surface area contributed by atoms with Crippen molar-refractivity contribution in [1.82, 2.24) is 5.32 Å². The molecular formula is C12H15BrClNO5S. The minimum Gasteiger partial charge on any atom is -0.382 e. The maximum absolute atomic E-state index is 11.9. The van der Waals surface area contributed by atoms with E-state index in [2.05, 4.69) is 21.2 Å². The lowest BCUT2D eigenvalue weighted by atomic mass is 10.2. The first-order valence-electron chi connectivity index (χ1n) is 5.94. The minimum atomic E-state index is -3.89. The molecule has 0 heterocycles. The van der Waals surface area contributed by atoms with Crippen LogP contribution in [-0.2, 0) is 18.5 Å². The highest BCUT2D eigenvalue weighted by atomic mass is 79.9. The summed E-state index contributed by atoms with van der Waals surface area (Å²) in [6, 6.07) is 4.05. The average molecular weight is 401 g/mol. The highest BCUT2D eigenvalue weighted by Crippen LogP contribution is 2.22. The predicted molar refractivity (Wildman–Crippen MR) is 82.2 cm³/mol. The maximum atomic E-state index is 11.9. The van der Waals surface area contributed by atoms with Crippen molar-refractivity contribution in [1.29, 1.82) is 0 Å². The number of nitrogens with one attached hydrogen (secondary N) is 1. The van der Waals surface area contributed by atoms with Gasteiger partial charge in [0, 0.05) is 34.4 Å². The van der Waals surface area contributed by atoms with E-state index in [9.17, 15) is 13.2 Å². The number of halogens is 2. The fourth-order valence-corrected chi connectivity index (χ4v) is 2.87. The third kappa shape index (κ3) is 6.75. The topological polar surface area (TPSA) is 81.7 Å². The predicted octanol–water partition coefficient (Wildman–Crippen LogP) is 1.77. The second-order valence-corrected chi connectivity index (χ2v) is 7.46. The maximum Gasteiger partial charge on any atom is 0.261 e. The van der Waals surface area contributed by atoms with Gasteiger partial charge in [0.15, 0.2) is 0 Å². The van der Waals surface area contributed by atoms with Crippen LogP contribution in [0.2, 0.25) is 0 Å². The van der Waals surface area contributed by atoms with Crippen LogP contribution in [0, 0.1) is 0 Å². The molecule has 0 aliphatic carbocycles. The van der Waals surface area contributed by atoms with Gasteiger partial charge in [0.05, 0.1) is 24.7 Å². The largest absolute Gasteiger partial charge is 0.382 e. The molecule has 0 unspecified atom stereocenters. The van der Waals surface area contributed by atoms with Crippen molar-refractivity contribution in [3.8, 4) is 0 Å². The Morgan fingerprint density at radius 2 is 2.00 bits per heavy atom. The van der Waals surface area contributed by atoms with Crippen LogP contribution >= 0.6 is 26.6 Å². The standard InChI is InChI=1S/C12H15BrClNO5S/c1-19-4-5-20-3-2-15-12(16)9-6-10(13)8-11(7-9)21(14,17)18/h6-8H,2-5H2,1H3,(H,15,16). The molecule has 0 aromatic heterocycles. The van der Waals surface area contributed by atoms with E-state index in [1.54, 1.807) is 7.11 Å². The van der Waals surface area contributed by atoms with Crippen molar-refractivity contribution in [2.24, 2.45) is 0 Å². The third-order valence-electron chi connectivity index (χ3n) is 2.38. The normalized spacial score (nSPS) is 11.4. The van der Waals surface area contributed by atoms with Crippen LogP contribution in [0.4, 0.5) is 0 Å². The molecule has 0 aliphatic rings. The number of ether oxygens (including phenoxy) is 2. The Kier molecular flexibility index (Phi) is 7.61. The van der Waals surface area contributed by atoms with Gasteiger partial charge < -0.3 is 14.8 Å². The van der Waals surface area contributed by atoms with E-state index in [4.69, 9.17) is 20.2 Å². The highest BCUT2D eigenvalue weighted by molar-refractivity contribution is 9.10. The van der Waals surface area contributed by atoms with E-state index in [-0.39, 0.29) is 10.5 Å². The van der Waals surface area contributed by atoms with Crippen LogP contribution in [0.25, 0.3) is 0 Å². The van der Waals surface area contributed by atoms with Crippen molar-refractivity contribution in [3.63, 3.8) is 0 Å². The Hall–Kier alpha value is -0.670. The smallest absolute Gasteiger partial charge is 0.261 e. The minimum absolute atomic E-state index is 0.139. The summed E-state index contributed by atoms with van der Waals surface area (Å²) in [6.45, 7) is 1.57. The second-order valence-electron chi connectivity index (χ2n) is 3.97. The van der Waals surface area contributed by atoms with Gasteiger partial charge in [-0.2, -0.15) is 0 Å². The Morgan fingerprint density at radius 3 is 2.62 bits per heavy atom. The van der Waals surface area contributed by atoms with Crippen molar-refractivity contribution in [2.45, 2.75) is 4.90 Å². The summed E-state index contributed by atoms with van der Waals surface area (Å²) in [7, 11) is 2.95. The van der Waals surface area contributed by atoms with Gasteiger partial charge in [-0.05, 0) is 18.2 Å². The van der Waals surface area contributed by atoms with Gasteiger partial charge in [-0.1, -0.05) is 15.9 Å². The van der Waals surface area contributed by atoms with Crippen LogP contribution in [0.1, 0.15) is 10.4 Å². The third-order valence-corrected chi connectivity index (χ3v) is 4.17. The zero-order valence-corrected chi connectivity index (χ0v) is 14.4. The molecule has 1 amide bonds. The first kappa shape index (κ1) is 18.4. The van der Waals surface area contributed by atoms with Gasteiger partial charge in [0.2, 0.25) is 0 Å². The van der Waals surface area contributed by atoms with E-state index in [1.165, 1.54) is 18.2 Å². The number of hydrogen-bond acceptors (Lipinski definition) is 5. The molecule has 0 spiro atoms. The van der Waals surface area contributed by atoms with Crippen LogP contribution in [-0.4, -0.2) is 47.8 Å². The lowest BCUT2D eigenvalue weighted by Gasteiger charge is -2.07. The van der Waals surface area contributed by atoms with Gasteiger partial charge in [-0.25, -0.2) is 8.42 Å². The summed E-state index contributed by atoms with van der Waals surface area (Å²) in [5.74, 6) is -0.409. The molecule has 0 saturated carbocycles. The second kappa shape index (κ2) is 8.70. The molecule has 0 atom stereocenters. The quantitative estimate of drug-likeness (QED) is 0.531. The van der Waals surface area contributed by atoms with E-state index < -0.39 is 15.0 Å². The number of hydrogen-bond donors (Lipinski definition) is 1. The van der Waals surface area contributed by atoms with Gasteiger partial charge in [0.1, 0.15) is 0 Å². The SMILES string of the molecule is COCCOCCNC(=O)c1cc(Br)cc(S(=O)(=O)Cl)c1. The molecule has 1 aromatic rings. The molecule has 0 bridgehead atoms. The Labute approximate surface area is 136 Å². The molecule has 0 aliphatic heterocycles. The zero-order chi connectivity index (χ0) is 15.9. The van der Waals surface area contributed by atoms with Crippen molar-refractivity contribution < 1.29 is 22.7 Å². The summed E-state index contributed by atoms with van der Waals surface area (Å²) in [5, 5.41) is 2.62. The molecule has 0 saturated heterocycles. The summed E-state index contributed by atoms with van der Waals surface area (Å²) >= 11 is 3.14. The van der Waals surface area contributed by atoms with E-state index in [1.807, 2.05) is 0 Å². The van der Waals surface area contributed by atoms with E-state index in [0.29, 0.717) is 30.8 Å². The molecule has 0 radical (unpaired) electrons. The lowest BCUT2D eigenvalue weighted by molar-refractivity contribution is 0.0692. The summed E-state index contributed by atoms with van der Waals surface area (Å²) in [6.07, 6.45) is 0. The van der Waals surface area contributed by atoms with Crippen molar-refractivity contribution >= 4 is 41.6 Å². The Bertz CT molecular complexity index is 593. The number of carbonyl (C=O) groups is 1. The number of benzene rings is 1. The molecule has 6 nitrogen and oxygen atoms in total. The van der Waals surface area contributed by atoms with E-state index in [0.717, 1.165) is 0 Å². The summed E-state index contributed by atoms with van der Waals surface area (Å²) in [4.78, 5) is 11.8. The van der Waals surface area contributed by atoms with Crippen molar-refractivity contribution in [2.75, 3.05) is 33.5 Å². The molecule has 0 fully saturated rings. The number of methoxy groups -OCH3 is 1. The molecule has 21 heavy (non-hydrogen) atoms. The molecular weight excluding hydrogens is 386 g/mol. The average Bonchev–Trinajstić information content (AvgIpc) is 2.40. The first-order chi connectivity index (χ1) is 9.84. The van der Waals surface area contributed by atoms with Gasteiger partial charge in [0.25, 0.3) is 15.0 Å². The van der Waals surface area contributed by atoms with Crippen LogP contribution in [0.15, 0.2) is 27.6 Å². The van der Waals surface area contributed by atoms with Gasteiger partial charge in [-0.3, -0.25) is 4.79 Å². The fraction of sp³-hybridized carbons (Fsp3) is 0.417. The fourth-order valence-electron chi connectivity index (χ4n) is 1.42.